The molecule has 0 aliphatic heterocycles. The van der Waals surface area contributed by atoms with Gasteiger partial charge in [-0.05, 0) is 38.0 Å². The van der Waals surface area contributed by atoms with Gasteiger partial charge in [-0.15, -0.1) is 0 Å². The molecule has 0 atom stereocenters. The van der Waals surface area contributed by atoms with Crippen LogP contribution in [-0.2, 0) is 6.42 Å². The number of hydrogen-bond acceptors (Lipinski definition) is 2. The van der Waals surface area contributed by atoms with Crippen molar-refractivity contribution in [1.29, 1.82) is 0 Å². The molecular weight excluding hydrogens is 267 g/mol. The molecule has 0 radical (unpaired) electrons. The molecule has 114 valence electrons. The number of halogens is 3. The minimum absolute atomic E-state index is 0.132. The first-order chi connectivity index (χ1) is 9.29. The Bertz CT molecular complexity index is 443. The number of aromatic nitrogens is 2. The Morgan fingerprint density at radius 3 is 2.35 bits per heavy atom. The molecule has 0 unspecified atom stereocenters. The van der Waals surface area contributed by atoms with Gasteiger partial charge in [-0.2, -0.15) is 18.3 Å². The average molecular weight is 289 g/mol. The van der Waals surface area contributed by atoms with Crippen molar-refractivity contribution >= 4 is 5.82 Å². The highest BCUT2D eigenvalue weighted by atomic mass is 19.4. The summed E-state index contributed by atoms with van der Waals surface area (Å²) in [5.74, 6) is -0.0773. The predicted octanol–water partition coefficient (Wildman–Crippen LogP) is 4.03. The molecule has 3 N–H and O–H groups in total. The quantitative estimate of drug-likeness (QED) is 0.882. The fraction of sp³-hybridized carbons (Fsp3) is 0.786. The molecule has 3 nitrogen and oxygen atoms in total. The molecule has 0 bridgehead atoms. The van der Waals surface area contributed by atoms with Crippen molar-refractivity contribution < 1.29 is 13.2 Å². The van der Waals surface area contributed by atoms with E-state index in [4.69, 9.17) is 5.73 Å². The van der Waals surface area contributed by atoms with Gasteiger partial charge in [0.05, 0.1) is 5.92 Å². The lowest BCUT2D eigenvalue weighted by atomic mass is 9.79. The Kier molecular flexibility index (Phi) is 4.30. The lowest BCUT2D eigenvalue weighted by Crippen LogP contribution is -2.27. The van der Waals surface area contributed by atoms with Crippen molar-refractivity contribution in [2.45, 2.75) is 58.0 Å². The molecule has 0 amide bonds. The lowest BCUT2D eigenvalue weighted by Gasteiger charge is -2.29. The molecule has 0 saturated heterocycles. The standard InChI is InChI=1S/C14H22F3N3/c1-8(2)7-11-12(19-20-13(11)18)9-3-5-10(6-4-9)14(15,16)17/h8-10H,3-7H2,1-2H3,(H3,18,19,20). The first-order valence-corrected chi connectivity index (χ1v) is 7.18. The fourth-order valence-electron chi connectivity index (χ4n) is 3.06. The van der Waals surface area contributed by atoms with Crippen LogP contribution in [0.1, 0.15) is 56.7 Å². The topological polar surface area (TPSA) is 54.7 Å². The third kappa shape index (κ3) is 3.27. The predicted molar refractivity (Wildman–Crippen MR) is 72.3 cm³/mol. The summed E-state index contributed by atoms with van der Waals surface area (Å²) in [5, 5.41) is 6.99. The van der Waals surface area contributed by atoms with Gasteiger partial charge in [-0.25, -0.2) is 0 Å². The Morgan fingerprint density at radius 2 is 1.85 bits per heavy atom. The highest BCUT2D eigenvalue weighted by molar-refractivity contribution is 5.43. The van der Waals surface area contributed by atoms with Gasteiger partial charge in [-0.1, -0.05) is 13.8 Å². The Labute approximate surface area is 117 Å². The number of nitrogens with one attached hydrogen (secondary N) is 1. The highest BCUT2D eigenvalue weighted by Crippen LogP contribution is 2.43. The Balaban J connectivity index is 2.07. The highest BCUT2D eigenvalue weighted by Gasteiger charge is 2.42. The third-order valence-electron chi connectivity index (χ3n) is 4.14. The number of alkyl halides is 3. The zero-order chi connectivity index (χ0) is 14.9. The molecule has 1 aliphatic rings. The van der Waals surface area contributed by atoms with E-state index in [1.165, 1.54) is 0 Å². The van der Waals surface area contributed by atoms with E-state index in [1.807, 2.05) is 0 Å². The Hall–Kier alpha value is -1.20. The third-order valence-corrected chi connectivity index (χ3v) is 4.14. The van der Waals surface area contributed by atoms with Crippen molar-refractivity contribution in [2.24, 2.45) is 11.8 Å². The fourth-order valence-corrected chi connectivity index (χ4v) is 3.06. The van der Waals surface area contributed by atoms with Gasteiger partial charge in [0, 0.05) is 17.2 Å². The number of hydrogen-bond donors (Lipinski definition) is 2. The van der Waals surface area contributed by atoms with Gasteiger partial charge in [0.15, 0.2) is 0 Å². The average Bonchev–Trinajstić information content (AvgIpc) is 2.70. The Morgan fingerprint density at radius 1 is 1.25 bits per heavy atom. The molecule has 20 heavy (non-hydrogen) atoms. The molecule has 1 aromatic heterocycles. The molecule has 1 aromatic rings. The number of aromatic amines is 1. The second kappa shape index (κ2) is 5.66. The molecule has 1 fully saturated rings. The van der Waals surface area contributed by atoms with E-state index >= 15 is 0 Å². The van der Waals surface area contributed by atoms with Crippen molar-refractivity contribution in [2.75, 3.05) is 5.73 Å². The van der Waals surface area contributed by atoms with Crippen LogP contribution in [-0.4, -0.2) is 16.4 Å². The normalized spacial score (nSPS) is 24.3. The monoisotopic (exact) mass is 289 g/mol. The van der Waals surface area contributed by atoms with Gasteiger partial charge >= 0.3 is 6.18 Å². The second-order valence-electron chi connectivity index (χ2n) is 6.19. The van der Waals surface area contributed by atoms with E-state index in [2.05, 4.69) is 24.0 Å². The smallest absolute Gasteiger partial charge is 0.382 e. The summed E-state index contributed by atoms with van der Waals surface area (Å²) in [4.78, 5) is 0. The van der Waals surface area contributed by atoms with E-state index in [1.54, 1.807) is 0 Å². The van der Waals surface area contributed by atoms with E-state index in [9.17, 15) is 13.2 Å². The summed E-state index contributed by atoms with van der Waals surface area (Å²) >= 11 is 0. The zero-order valence-electron chi connectivity index (χ0n) is 11.9. The van der Waals surface area contributed by atoms with Crippen LogP contribution in [0.3, 0.4) is 0 Å². The van der Waals surface area contributed by atoms with Crippen molar-refractivity contribution in [3.05, 3.63) is 11.3 Å². The van der Waals surface area contributed by atoms with E-state index in [0.717, 1.165) is 17.7 Å². The van der Waals surface area contributed by atoms with Gasteiger partial charge in [-0.3, -0.25) is 5.10 Å². The van der Waals surface area contributed by atoms with Gasteiger partial charge in [0.2, 0.25) is 0 Å². The number of H-pyrrole nitrogens is 1. The summed E-state index contributed by atoms with van der Waals surface area (Å²) in [6.07, 6.45) is -1.73. The second-order valence-corrected chi connectivity index (χ2v) is 6.19. The van der Waals surface area contributed by atoms with Gasteiger partial charge < -0.3 is 5.73 Å². The molecule has 0 spiro atoms. The number of anilines is 1. The maximum Gasteiger partial charge on any atom is 0.391 e. The van der Waals surface area contributed by atoms with Crippen LogP contribution in [0.2, 0.25) is 0 Å². The first-order valence-electron chi connectivity index (χ1n) is 7.18. The molecule has 1 aliphatic carbocycles. The van der Waals surface area contributed by atoms with Crippen LogP contribution in [0.4, 0.5) is 19.0 Å². The first kappa shape index (κ1) is 15.2. The number of nitrogen functional groups attached to an aromatic ring is 1. The van der Waals surface area contributed by atoms with E-state index in [0.29, 0.717) is 24.6 Å². The van der Waals surface area contributed by atoms with Crippen LogP contribution in [0, 0.1) is 11.8 Å². The summed E-state index contributed by atoms with van der Waals surface area (Å²) < 4.78 is 38.1. The summed E-state index contributed by atoms with van der Waals surface area (Å²) in [5.41, 5.74) is 7.82. The zero-order valence-corrected chi connectivity index (χ0v) is 11.9. The van der Waals surface area contributed by atoms with Crippen LogP contribution >= 0.6 is 0 Å². The summed E-state index contributed by atoms with van der Waals surface area (Å²) in [6.45, 7) is 4.19. The molecule has 0 aromatic carbocycles. The van der Waals surface area contributed by atoms with E-state index in [-0.39, 0.29) is 18.8 Å². The van der Waals surface area contributed by atoms with Crippen molar-refractivity contribution in [1.82, 2.24) is 10.2 Å². The molecule has 2 rings (SSSR count). The maximum absolute atomic E-state index is 12.7. The molecule has 6 heteroatoms. The van der Waals surface area contributed by atoms with Crippen molar-refractivity contribution in [3.63, 3.8) is 0 Å². The summed E-state index contributed by atoms with van der Waals surface area (Å²) in [7, 11) is 0. The largest absolute Gasteiger partial charge is 0.391 e. The van der Waals surface area contributed by atoms with Crippen LogP contribution < -0.4 is 5.73 Å². The summed E-state index contributed by atoms with van der Waals surface area (Å²) in [6, 6.07) is 0. The number of nitrogens with zero attached hydrogens (tertiary/aromatic N) is 1. The minimum atomic E-state index is -4.06. The minimum Gasteiger partial charge on any atom is -0.382 e. The number of rotatable bonds is 3. The molecular formula is C14H22F3N3. The van der Waals surface area contributed by atoms with Crippen LogP contribution in [0.15, 0.2) is 0 Å². The van der Waals surface area contributed by atoms with Crippen LogP contribution in [0.5, 0.6) is 0 Å². The SMILES string of the molecule is CC(C)Cc1c(N)n[nH]c1C1CCC(C(F)(F)F)CC1. The lowest BCUT2D eigenvalue weighted by molar-refractivity contribution is -0.182. The molecule has 1 heterocycles. The van der Waals surface area contributed by atoms with Crippen molar-refractivity contribution in [3.8, 4) is 0 Å². The van der Waals surface area contributed by atoms with E-state index < -0.39 is 12.1 Å². The van der Waals surface area contributed by atoms with Gasteiger partial charge in [0.25, 0.3) is 0 Å². The maximum atomic E-state index is 12.7. The van der Waals surface area contributed by atoms with Gasteiger partial charge in [0.1, 0.15) is 5.82 Å². The molecule has 1 saturated carbocycles. The van der Waals surface area contributed by atoms with Crippen LogP contribution in [0.25, 0.3) is 0 Å². The number of nitrogens with two attached hydrogens (primary N) is 1.